The van der Waals surface area contributed by atoms with E-state index in [0.29, 0.717) is 6.61 Å². The Bertz CT molecular complexity index is 1080. The lowest BCUT2D eigenvalue weighted by atomic mass is 10.1. The maximum atomic E-state index is 12.0. The van der Waals surface area contributed by atoms with Crippen molar-refractivity contribution in [1.82, 2.24) is 0 Å². The van der Waals surface area contributed by atoms with Crippen molar-refractivity contribution in [1.29, 1.82) is 0 Å². The summed E-state index contributed by atoms with van der Waals surface area (Å²) >= 11 is 11.5. The predicted molar refractivity (Wildman–Crippen MR) is 155 cm³/mol. The van der Waals surface area contributed by atoms with Gasteiger partial charge in [-0.15, -0.1) is 0 Å². The number of aldehydes is 1. The summed E-state index contributed by atoms with van der Waals surface area (Å²) in [6.07, 6.45) is 2.44. The third-order valence-corrected chi connectivity index (χ3v) is 7.59. The van der Waals surface area contributed by atoms with Gasteiger partial charge in [-0.1, -0.05) is 82.9 Å². The zero-order chi connectivity index (χ0) is 29.8. The van der Waals surface area contributed by atoms with Crippen LogP contribution in [0.25, 0.3) is 6.08 Å². The average Bonchev–Trinajstić information content (AvgIpc) is 2.91. The van der Waals surface area contributed by atoms with E-state index in [-0.39, 0.29) is 24.9 Å². The van der Waals surface area contributed by atoms with E-state index in [0.717, 1.165) is 17.4 Å². The molecule has 0 heterocycles. The standard InChI is InChI=1S/C12H13ClO2.C8H16ClO5P.C8H8O/c1-3-15-12(14)11(13)8-10-6-4-9(2)5-7-10;1-4-12-8(10)7(9)15(11,13-5-2)14-6-3;1-7-2-4-8(6-9)5-3-7/h4-8H,3H2,1-2H3;7H,4-6H2,1-3H3;2-6H,1H3. The van der Waals surface area contributed by atoms with Gasteiger partial charge in [0.25, 0.3) is 0 Å². The third-order valence-electron chi connectivity index (χ3n) is 4.43. The molecule has 0 fully saturated rings. The van der Waals surface area contributed by atoms with Crippen molar-refractivity contribution in [2.45, 2.75) is 46.7 Å². The molecule has 0 saturated heterocycles. The number of halogens is 2. The van der Waals surface area contributed by atoms with Crippen LogP contribution in [0.1, 0.15) is 54.7 Å². The second-order valence-corrected chi connectivity index (χ2v) is 10.9. The highest BCUT2D eigenvalue weighted by Gasteiger charge is 2.40. The van der Waals surface area contributed by atoms with Crippen molar-refractivity contribution in [2.75, 3.05) is 26.4 Å². The van der Waals surface area contributed by atoms with Crippen molar-refractivity contribution in [2.24, 2.45) is 0 Å². The van der Waals surface area contributed by atoms with E-state index >= 15 is 0 Å². The number of carbonyl (C=O) groups excluding carboxylic acids is 3. The fourth-order valence-corrected chi connectivity index (χ4v) is 4.55. The molecule has 0 amide bonds. The molecule has 1 unspecified atom stereocenters. The van der Waals surface area contributed by atoms with Gasteiger partial charge < -0.3 is 18.5 Å². The number of carbonyl (C=O) groups is 3. The highest BCUT2D eigenvalue weighted by atomic mass is 35.5. The quantitative estimate of drug-likeness (QED) is 0.0865. The number of hydrogen-bond donors (Lipinski definition) is 0. The first-order valence-electron chi connectivity index (χ1n) is 12.3. The molecule has 2 aromatic rings. The van der Waals surface area contributed by atoms with Crippen LogP contribution >= 0.6 is 30.8 Å². The Morgan fingerprint density at radius 2 is 1.23 bits per heavy atom. The molecule has 2 rings (SSSR count). The molecule has 8 nitrogen and oxygen atoms in total. The van der Waals surface area contributed by atoms with Gasteiger partial charge in [0.1, 0.15) is 11.3 Å². The van der Waals surface area contributed by atoms with Gasteiger partial charge in [0.15, 0.2) is 0 Å². The van der Waals surface area contributed by atoms with Crippen LogP contribution in [0.3, 0.4) is 0 Å². The van der Waals surface area contributed by atoms with Gasteiger partial charge in [-0.05, 0) is 53.2 Å². The van der Waals surface area contributed by atoms with Crippen molar-refractivity contribution in [3.8, 4) is 0 Å². The first kappa shape index (κ1) is 36.5. The molecule has 0 radical (unpaired) electrons. The van der Waals surface area contributed by atoms with Gasteiger partial charge in [0.05, 0.1) is 26.4 Å². The Hall–Kier alpha value is -2.48. The summed E-state index contributed by atoms with van der Waals surface area (Å²) in [6.45, 7) is 11.5. The summed E-state index contributed by atoms with van der Waals surface area (Å²) in [4.78, 5) is 32.6. The van der Waals surface area contributed by atoms with Crippen LogP contribution in [0.15, 0.2) is 53.6 Å². The van der Waals surface area contributed by atoms with Crippen molar-refractivity contribution in [3.63, 3.8) is 0 Å². The lowest BCUT2D eigenvalue weighted by Crippen LogP contribution is -2.20. The minimum Gasteiger partial charge on any atom is -0.464 e. The first-order valence-corrected chi connectivity index (χ1v) is 14.7. The average molecular weight is 603 g/mol. The fourth-order valence-electron chi connectivity index (χ4n) is 2.58. The van der Waals surface area contributed by atoms with Crippen LogP contribution in [0.5, 0.6) is 0 Å². The van der Waals surface area contributed by atoms with Crippen molar-refractivity contribution < 1.29 is 37.5 Å². The Kier molecular flexibility index (Phi) is 19.1. The Morgan fingerprint density at radius 1 is 0.795 bits per heavy atom. The van der Waals surface area contributed by atoms with Crippen molar-refractivity contribution in [3.05, 3.63) is 75.8 Å². The van der Waals surface area contributed by atoms with Crippen LogP contribution in [0.4, 0.5) is 0 Å². The summed E-state index contributed by atoms with van der Waals surface area (Å²) in [6, 6.07) is 15.2. The molecule has 0 aromatic heterocycles. The molecule has 0 aliphatic rings. The normalized spacial score (nSPS) is 11.6. The molecule has 0 spiro atoms. The largest absolute Gasteiger partial charge is 0.464 e. The zero-order valence-electron chi connectivity index (χ0n) is 23.1. The second kappa shape index (κ2) is 20.4. The van der Waals surface area contributed by atoms with Crippen LogP contribution in [-0.2, 0) is 32.7 Å². The number of rotatable bonds is 11. The molecule has 0 aliphatic heterocycles. The molecule has 2 aromatic carbocycles. The zero-order valence-corrected chi connectivity index (χ0v) is 25.6. The highest BCUT2D eigenvalue weighted by molar-refractivity contribution is 7.57. The van der Waals surface area contributed by atoms with E-state index in [1.807, 2.05) is 62.4 Å². The highest BCUT2D eigenvalue weighted by Crippen LogP contribution is 2.55. The smallest absolute Gasteiger partial charge is 0.359 e. The van der Waals surface area contributed by atoms with E-state index < -0.39 is 24.7 Å². The molecule has 0 bridgehead atoms. The van der Waals surface area contributed by atoms with Gasteiger partial charge in [0, 0.05) is 5.56 Å². The molecule has 39 heavy (non-hydrogen) atoms. The van der Waals surface area contributed by atoms with E-state index in [1.54, 1.807) is 33.8 Å². The van der Waals surface area contributed by atoms with E-state index in [9.17, 15) is 18.9 Å². The summed E-state index contributed by atoms with van der Waals surface area (Å²) in [5, 5.41) is -1.31. The minimum absolute atomic E-state index is 0.0979. The Morgan fingerprint density at radius 3 is 1.62 bits per heavy atom. The predicted octanol–water partition coefficient (Wildman–Crippen LogP) is 7.33. The Labute approximate surface area is 241 Å². The van der Waals surface area contributed by atoms with Crippen LogP contribution < -0.4 is 0 Å². The monoisotopic (exact) mass is 602 g/mol. The molecule has 0 N–H and O–H groups in total. The number of alkyl halides is 1. The van der Waals surface area contributed by atoms with E-state index in [2.05, 4.69) is 4.74 Å². The molecule has 11 heteroatoms. The number of ether oxygens (including phenoxy) is 2. The molecular weight excluding hydrogens is 566 g/mol. The summed E-state index contributed by atoms with van der Waals surface area (Å²) in [5.41, 5.74) is 3.97. The van der Waals surface area contributed by atoms with Gasteiger partial charge in [0.2, 0.25) is 5.12 Å². The lowest BCUT2D eigenvalue weighted by Gasteiger charge is -2.20. The van der Waals surface area contributed by atoms with Crippen LogP contribution in [-0.4, -0.2) is 49.8 Å². The number of hydrogen-bond acceptors (Lipinski definition) is 8. The fraction of sp³-hybridized carbons (Fsp3) is 0.393. The molecule has 216 valence electrons. The molecule has 1 atom stereocenters. The summed E-state index contributed by atoms with van der Waals surface area (Å²) < 4.78 is 31.2. The van der Waals surface area contributed by atoms with Gasteiger partial charge >= 0.3 is 19.5 Å². The molecule has 0 aliphatic carbocycles. The first-order chi connectivity index (χ1) is 18.5. The van der Waals surface area contributed by atoms with E-state index in [1.165, 1.54) is 11.1 Å². The topological polar surface area (TPSA) is 105 Å². The van der Waals surface area contributed by atoms with E-state index in [4.69, 9.17) is 37.0 Å². The maximum absolute atomic E-state index is 12.0. The number of esters is 2. The number of aryl methyl sites for hydroxylation is 2. The SMILES string of the molecule is CCOC(=O)C(Cl)=Cc1ccc(C)cc1.CCOC(=O)C(Cl)P(=O)(OCC)OCC.Cc1ccc(C=O)cc1. The maximum Gasteiger partial charge on any atom is 0.359 e. The van der Waals surface area contributed by atoms with Crippen molar-refractivity contribution >= 4 is 55.1 Å². The van der Waals surface area contributed by atoms with Gasteiger partial charge in [-0.3, -0.25) is 9.36 Å². The molecule has 0 saturated carbocycles. The lowest BCUT2D eigenvalue weighted by molar-refractivity contribution is -0.141. The minimum atomic E-state index is -3.61. The molecular formula is C28H37Cl2O8P. The van der Waals surface area contributed by atoms with Gasteiger partial charge in [-0.25, -0.2) is 9.59 Å². The number of benzene rings is 2. The second-order valence-electron chi connectivity index (χ2n) is 7.62. The van der Waals surface area contributed by atoms with Crippen LogP contribution in [0, 0.1) is 13.8 Å². The van der Waals surface area contributed by atoms with Crippen LogP contribution in [0.2, 0.25) is 0 Å². The summed E-state index contributed by atoms with van der Waals surface area (Å²) in [7, 11) is -3.61. The summed E-state index contributed by atoms with van der Waals surface area (Å²) in [5.74, 6) is -1.27. The van der Waals surface area contributed by atoms with Gasteiger partial charge in [-0.2, -0.15) is 0 Å². The Balaban J connectivity index is 0.000000573. The third kappa shape index (κ3) is 15.0.